The Balaban J connectivity index is 0.00000120. The fourth-order valence-electron chi connectivity index (χ4n) is 2.94. The monoisotopic (exact) mass is 288 g/mol. The summed E-state index contributed by atoms with van der Waals surface area (Å²) in [5, 5.41) is 4.17. The highest BCUT2D eigenvalue weighted by molar-refractivity contribution is 6.29. The Morgan fingerprint density at radius 3 is 2.61 bits per heavy atom. The van der Waals surface area contributed by atoms with Gasteiger partial charge >= 0.3 is 0 Å². The number of pyridine rings is 1. The molecule has 3 fully saturated rings. The molecule has 1 N–H and O–H groups in total. The number of ether oxygens (including phenoxy) is 1. The van der Waals surface area contributed by atoms with E-state index in [4.69, 9.17) is 16.3 Å². The minimum atomic E-state index is 0. The molecule has 100 valence electrons. The van der Waals surface area contributed by atoms with Crippen LogP contribution in [0.25, 0.3) is 0 Å². The van der Waals surface area contributed by atoms with E-state index in [1.807, 2.05) is 6.07 Å². The summed E-state index contributed by atoms with van der Waals surface area (Å²) >= 11 is 5.73. The van der Waals surface area contributed by atoms with Crippen LogP contribution >= 0.6 is 24.0 Å². The molecule has 5 heteroatoms. The first kappa shape index (κ1) is 13.9. The summed E-state index contributed by atoms with van der Waals surface area (Å²) in [4.78, 5) is 4.01. The van der Waals surface area contributed by atoms with Crippen molar-refractivity contribution in [1.29, 1.82) is 0 Å². The standard InChI is InChI=1S/C13H17ClN2O.ClH/c14-13-6-5-11(7-15-13)17-8-12-9-1-3-10(16-12)4-2-9;/h5-7,9-10,12,16H,1-4,8H2;1H. The third kappa shape index (κ3) is 3.08. The number of fused-ring (bicyclic) bond motifs is 3. The molecule has 18 heavy (non-hydrogen) atoms. The molecule has 1 aromatic heterocycles. The largest absolute Gasteiger partial charge is 0.490 e. The minimum Gasteiger partial charge on any atom is -0.490 e. The zero-order valence-corrected chi connectivity index (χ0v) is 11.7. The Labute approximate surface area is 119 Å². The van der Waals surface area contributed by atoms with Crippen LogP contribution in [0.5, 0.6) is 5.75 Å². The van der Waals surface area contributed by atoms with E-state index < -0.39 is 0 Å². The predicted molar refractivity (Wildman–Crippen MR) is 74.7 cm³/mol. The smallest absolute Gasteiger partial charge is 0.137 e. The maximum atomic E-state index is 5.77. The molecule has 3 heterocycles. The van der Waals surface area contributed by atoms with E-state index in [-0.39, 0.29) is 12.4 Å². The number of nitrogens with zero attached hydrogens (tertiary/aromatic N) is 1. The van der Waals surface area contributed by atoms with Crippen LogP contribution in [0.15, 0.2) is 18.3 Å². The number of hydrogen-bond acceptors (Lipinski definition) is 3. The summed E-state index contributed by atoms with van der Waals surface area (Å²) in [5.41, 5.74) is 0. The Morgan fingerprint density at radius 2 is 2.06 bits per heavy atom. The van der Waals surface area contributed by atoms with Crippen LogP contribution in [-0.4, -0.2) is 23.7 Å². The topological polar surface area (TPSA) is 34.1 Å². The van der Waals surface area contributed by atoms with Gasteiger partial charge in [-0.1, -0.05) is 11.6 Å². The van der Waals surface area contributed by atoms with Crippen LogP contribution in [0.2, 0.25) is 5.15 Å². The Bertz CT molecular complexity index is 377. The molecule has 2 aliphatic heterocycles. The SMILES string of the molecule is Cl.Clc1ccc(OCC2NC3CCC2CC3)cn1. The van der Waals surface area contributed by atoms with Crippen LogP contribution in [0.4, 0.5) is 0 Å². The third-order valence-electron chi connectivity index (χ3n) is 3.92. The molecule has 1 saturated carbocycles. The van der Waals surface area contributed by atoms with E-state index in [1.165, 1.54) is 25.7 Å². The lowest BCUT2D eigenvalue weighted by Crippen LogP contribution is -2.54. The molecule has 3 nitrogen and oxygen atoms in total. The molecule has 1 aromatic rings. The number of rotatable bonds is 3. The normalized spacial score (nSPS) is 29.7. The summed E-state index contributed by atoms with van der Waals surface area (Å²) < 4.78 is 5.77. The Morgan fingerprint density at radius 1 is 1.28 bits per heavy atom. The van der Waals surface area contributed by atoms with E-state index in [9.17, 15) is 0 Å². The average Bonchev–Trinajstić information content (AvgIpc) is 2.39. The van der Waals surface area contributed by atoms with Gasteiger partial charge in [0.15, 0.2) is 0 Å². The predicted octanol–water partition coefficient (Wildman–Crippen LogP) is 3.07. The first-order valence-corrected chi connectivity index (χ1v) is 6.69. The summed E-state index contributed by atoms with van der Waals surface area (Å²) in [6.45, 7) is 0.741. The number of aromatic nitrogens is 1. The van der Waals surface area contributed by atoms with Crippen LogP contribution < -0.4 is 10.1 Å². The molecule has 0 spiro atoms. The molecule has 0 amide bonds. The average molecular weight is 289 g/mol. The molecule has 1 atom stereocenters. The lowest BCUT2D eigenvalue weighted by molar-refractivity contribution is 0.106. The van der Waals surface area contributed by atoms with E-state index in [0.29, 0.717) is 11.2 Å². The van der Waals surface area contributed by atoms with Crippen LogP contribution in [0.1, 0.15) is 25.7 Å². The molecule has 2 saturated heterocycles. The quantitative estimate of drug-likeness (QED) is 0.868. The molecule has 0 aromatic carbocycles. The fourth-order valence-corrected chi connectivity index (χ4v) is 3.06. The molecular weight excluding hydrogens is 271 g/mol. The van der Waals surface area contributed by atoms with Gasteiger partial charge in [-0.25, -0.2) is 4.98 Å². The van der Waals surface area contributed by atoms with Crippen molar-refractivity contribution in [2.24, 2.45) is 5.92 Å². The summed E-state index contributed by atoms with van der Waals surface area (Å²) in [6.07, 6.45) is 7.06. The van der Waals surface area contributed by atoms with Gasteiger partial charge in [-0.3, -0.25) is 0 Å². The number of halogens is 2. The highest BCUT2D eigenvalue weighted by Gasteiger charge is 2.35. The number of hydrogen-bond donors (Lipinski definition) is 1. The highest BCUT2D eigenvalue weighted by atomic mass is 35.5. The van der Waals surface area contributed by atoms with Gasteiger partial charge in [-0.05, 0) is 43.7 Å². The van der Waals surface area contributed by atoms with Crippen LogP contribution in [0.3, 0.4) is 0 Å². The third-order valence-corrected chi connectivity index (χ3v) is 4.14. The van der Waals surface area contributed by atoms with Gasteiger partial charge < -0.3 is 10.1 Å². The van der Waals surface area contributed by atoms with Gasteiger partial charge in [0.25, 0.3) is 0 Å². The van der Waals surface area contributed by atoms with Crippen molar-refractivity contribution in [2.75, 3.05) is 6.61 Å². The maximum absolute atomic E-state index is 5.77. The van der Waals surface area contributed by atoms with Gasteiger partial charge in [-0.2, -0.15) is 0 Å². The molecule has 1 aliphatic carbocycles. The second-order valence-electron chi connectivity index (χ2n) is 5.01. The van der Waals surface area contributed by atoms with Crippen molar-refractivity contribution in [3.8, 4) is 5.75 Å². The van der Waals surface area contributed by atoms with E-state index in [1.54, 1.807) is 12.3 Å². The van der Waals surface area contributed by atoms with Crippen molar-refractivity contribution in [1.82, 2.24) is 10.3 Å². The molecule has 3 aliphatic rings. The van der Waals surface area contributed by atoms with Crippen LogP contribution in [0, 0.1) is 5.92 Å². The highest BCUT2D eigenvalue weighted by Crippen LogP contribution is 2.33. The molecule has 1 unspecified atom stereocenters. The van der Waals surface area contributed by atoms with Crippen molar-refractivity contribution >= 4 is 24.0 Å². The first-order chi connectivity index (χ1) is 8.31. The molecule has 0 radical (unpaired) electrons. The minimum absolute atomic E-state index is 0. The molecule has 2 bridgehead atoms. The summed E-state index contributed by atoms with van der Waals surface area (Å²) in [7, 11) is 0. The lowest BCUT2D eigenvalue weighted by atomic mass is 9.76. The second-order valence-corrected chi connectivity index (χ2v) is 5.40. The second kappa shape index (κ2) is 6.09. The van der Waals surface area contributed by atoms with Crippen molar-refractivity contribution in [2.45, 2.75) is 37.8 Å². The number of piperidine rings is 2. The van der Waals surface area contributed by atoms with E-state index in [2.05, 4.69) is 10.3 Å². The van der Waals surface area contributed by atoms with Crippen molar-refractivity contribution in [3.05, 3.63) is 23.5 Å². The fraction of sp³-hybridized carbons (Fsp3) is 0.615. The zero-order valence-electron chi connectivity index (χ0n) is 10.1. The van der Waals surface area contributed by atoms with E-state index in [0.717, 1.165) is 24.3 Å². The van der Waals surface area contributed by atoms with Gasteiger partial charge in [0, 0.05) is 12.1 Å². The van der Waals surface area contributed by atoms with Gasteiger partial charge in [0.05, 0.1) is 6.20 Å². The van der Waals surface area contributed by atoms with Crippen LogP contribution in [-0.2, 0) is 0 Å². The maximum Gasteiger partial charge on any atom is 0.137 e. The summed E-state index contributed by atoms with van der Waals surface area (Å²) in [5.74, 6) is 1.60. The zero-order chi connectivity index (χ0) is 11.7. The van der Waals surface area contributed by atoms with E-state index >= 15 is 0 Å². The Hall–Kier alpha value is -0.510. The van der Waals surface area contributed by atoms with Crippen molar-refractivity contribution in [3.63, 3.8) is 0 Å². The van der Waals surface area contributed by atoms with Crippen molar-refractivity contribution < 1.29 is 4.74 Å². The lowest BCUT2D eigenvalue weighted by Gasteiger charge is -2.43. The molecular formula is C13H18Cl2N2O. The molecule has 4 rings (SSSR count). The van der Waals surface area contributed by atoms with Gasteiger partial charge in [0.1, 0.15) is 17.5 Å². The first-order valence-electron chi connectivity index (χ1n) is 6.31. The van der Waals surface area contributed by atoms with Gasteiger partial charge in [0.2, 0.25) is 0 Å². The van der Waals surface area contributed by atoms with Gasteiger partial charge in [-0.15, -0.1) is 12.4 Å². The Kier molecular flexibility index (Phi) is 4.71. The summed E-state index contributed by atoms with van der Waals surface area (Å²) in [6, 6.07) is 4.86. The number of nitrogens with one attached hydrogen (secondary N) is 1.